The summed E-state index contributed by atoms with van der Waals surface area (Å²) in [6, 6.07) is 13.6. The van der Waals surface area contributed by atoms with Gasteiger partial charge in [-0.15, -0.1) is 0 Å². The molecule has 10 heteroatoms. The number of hydrogen-bond acceptors (Lipinski definition) is 8. The van der Waals surface area contributed by atoms with Gasteiger partial charge in [0.2, 0.25) is 12.5 Å². The largest absolute Gasteiger partial charge is 0.462 e. The summed E-state index contributed by atoms with van der Waals surface area (Å²) in [7, 11) is 6.10. The summed E-state index contributed by atoms with van der Waals surface area (Å²) >= 11 is 0. The predicted molar refractivity (Wildman–Crippen MR) is 183 cm³/mol. The molecule has 4 heterocycles. The van der Waals surface area contributed by atoms with Gasteiger partial charge in [-0.3, -0.25) is 4.79 Å². The molecule has 0 aliphatic carbocycles. The van der Waals surface area contributed by atoms with Gasteiger partial charge in [0.05, 0.1) is 12.2 Å². The van der Waals surface area contributed by atoms with Gasteiger partial charge < -0.3 is 34.1 Å². The summed E-state index contributed by atoms with van der Waals surface area (Å²) in [5, 5.41) is 2.53. The van der Waals surface area contributed by atoms with Gasteiger partial charge in [0.15, 0.2) is 0 Å². The van der Waals surface area contributed by atoms with Gasteiger partial charge in [0.25, 0.3) is 0 Å². The van der Waals surface area contributed by atoms with Crippen LogP contribution in [0, 0.1) is 13.5 Å². The van der Waals surface area contributed by atoms with Gasteiger partial charge in [0, 0.05) is 61.5 Å². The number of likely N-dealkylation sites (tertiary alicyclic amines) is 1. The molecule has 1 aromatic heterocycles. The number of piperazine rings is 1. The topological polar surface area (TPSA) is 72.6 Å². The first-order valence-electron chi connectivity index (χ1n) is 16.5. The first-order valence-corrected chi connectivity index (χ1v) is 16.5. The molecule has 0 spiro atoms. The summed E-state index contributed by atoms with van der Waals surface area (Å²) in [6.45, 7) is 15.7. The van der Waals surface area contributed by atoms with Gasteiger partial charge in [-0.2, -0.15) is 9.97 Å². The van der Waals surface area contributed by atoms with Crippen LogP contribution in [0.5, 0.6) is 6.01 Å². The van der Waals surface area contributed by atoms with Crippen molar-refractivity contribution in [3.63, 3.8) is 0 Å². The highest BCUT2D eigenvalue weighted by Gasteiger charge is 2.35. The maximum Gasteiger partial charge on any atom is 0.318 e. The lowest BCUT2D eigenvalue weighted by Crippen LogP contribution is -2.56. The quantitative estimate of drug-likeness (QED) is 0.262. The highest BCUT2D eigenvalue weighted by Crippen LogP contribution is 2.36. The Morgan fingerprint density at radius 2 is 1.91 bits per heavy atom. The van der Waals surface area contributed by atoms with Crippen LogP contribution in [-0.4, -0.2) is 116 Å². The van der Waals surface area contributed by atoms with Crippen molar-refractivity contribution in [1.82, 2.24) is 24.7 Å². The maximum atomic E-state index is 13.2. The Bertz CT molecular complexity index is 1630. The van der Waals surface area contributed by atoms with E-state index < -0.39 is 0 Å². The van der Waals surface area contributed by atoms with Crippen LogP contribution in [0.15, 0.2) is 48.6 Å². The summed E-state index contributed by atoms with van der Waals surface area (Å²) in [5.74, 6) is 0.851. The number of benzene rings is 2. The lowest BCUT2D eigenvalue weighted by atomic mass is 9.99. The summed E-state index contributed by atoms with van der Waals surface area (Å²) in [6.07, 6.45) is 6.63. The molecule has 0 unspecified atom stereocenters. The molecular formula is C36H46N8O2. The molecule has 1 amide bonds. The van der Waals surface area contributed by atoms with Crippen molar-refractivity contribution in [2.24, 2.45) is 0 Å². The summed E-state index contributed by atoms with van der Waals surface area (Å²) < 4.78 is 6.35. The molecule has 0 saturated carbocycles. The van der Waals surface area contributed by atoms with Crippen molar-refractivity contribution in [2.75, 3.05) is 83.4 Å². The van der Waals surface area contributed by atoms with E-state index in [2.05, 4.69) is 69.9 Å². The van der Waals surface area contributed by atoms with E-state index in [-0.39, 0.29) is 18.5 Å². The molecule has 0 radical (unpaired) electrons. The van der Waals surface area contributed by atoms with Gasteiger partial charge in [-0.1, -0.05) is 36.4 Å². The standard InChI is InChI=1S/C36H46N8O2/c1-26-10-6-11-27-12-7-14-32(34(26)27)42-19-16-30-31(24-42)38-36(46-25-28-13-8-18-41(28)5)39-35(30)43-20-21-44(29(23-43)22-37-2)33(45)15-9-17-40(3)4/h6-7,9-12,14-15,28-29H,8,13,16-25H2,1,3-5H3/b15-9+/t28-,29-/m0/s1. The lowest BCUT2D eigenvalue weighted by Gasteiger charge is -2.41. The minimum Gasteiger partial charge on any atom is -0.462 e. The van der Waals surface area contributed by atoms with E-state index in [9.17, 15) is 4.79 Å². The summed E-state index contributed by atoms with van der Waals surface area (Å²) in [4.78, 5) is 37.9. The molecule has 2 saturated heterocycles. The van der Waals surface area contributed by atoms with Crippen LogP contribution >= 0.6 is 0 Å². The van der Waals surface area contributed by atoms with Gasteiger partial charge >= 0.3 is 6.01 Å². The number of rotatable bonds is 9. The minimum absolute atomic E-state index is 0.0365. The van der Waals surface area contributed by atoms with Gasteiger partial charge in [-0.25, -0.2) is 6.57 Å². The number of carbonyl (C=O) groups is 1. The number of aromatic nitrogens is 2. The van der Waals surface area contributed by atoms with E-state index in [4.69, 9.17) is 21.3 Å². The number of carbonyl (C=O) groups excluding carboxylic acids is 1. The molecule has 242 valence electrons. The highest BCUT2D eigenvalue weighted by atomic mass is 16.5. The molecule has 6 rings (SSSR count). The SMILES string of the molecule is [C-]#[N+]C[C@H]1CN(c2nc(OC[C@@H]3CCCN3C)nc3c2CCN(c2cccc4cccc(C)c24)C3)CCN1C(=O)/C=C/CN(C)C. The number of ether oxygens (including phenoxy) is 1. The van der Waals surface area contributed by atoms with E-state index in [0.29, 0.717) is 51.4 Å². The number of aryl methyl sites for hydroxylation is 1. The third-order valence-electron chi connectivity index (χ3n) is 9.63. The Labute approximate surface area is 273 Å². The third-order valence-corrected chi connectivity index (χ3v) is 9.63. The fourth-order valence-electron chi connectivity index (χ4n) is 7.11. The molecule has 3 aliphatic rings. The number of nitrogens with zero attached hydrogens (tertiary/aromatic N) is 8. The monoisotopic (exact) mass is 622 g/mol. The average molecular weight is 623 g/mol. The molecule has 10 nitrogen and oxygen atoms in total. The van der Waals surface area contributed by atoms with Crippen LogP contribution < -0.4 is 14.5 Å². The fourth-order valence-corrected chi connectivity index (χ4v) is 7.11. The molecule has 3 aromatic rings. The zero-order chi connectivity index (χ0) is 32.2. The first kappa shape index (κ1) is 31.8. The van der Waals surface area contributed by atoms with E-state index in [1.165, 1.54) is 28.4 Å². The molecule has 0 bridgehead atoms. The van der Waals surface area contributed by atoms with Gasteiger partial charge in [-0.05, 0) is 70.9 Å². The van der Waals surface area contributed by atoms with Gasteiger partial charge in [0.1, 0.15) is 18.5 Å². The van der Waals surface area contributed by atoms with Crippen molar-refractivity contribution in [3.05, 3.63) is 76.8 Å². The number of anilines is 2. The normalized spacial score (nSPS) is 20.5. The molecule has 2 aromatic carbocycles. The molecule has 46 heavy (non-hydrogen) atoms. The highest BCUT2D eigenvalue weighted by molar-refractivity contribution is 5.97. The molecule has 3 aliphatic heterocycles. The second-order valence-electron chi connectivity index (χ2n) is 13.1. The smallest absolute Gasteiger partial charge is 0.318 e. The van der Waals surface area contributed by atoms with E-state index >= 15 is 0 Å². The molecule has 2 atom stereocenters. The second-order valence-corrected chi connectivity index (χ2v) is 13.1. The van der Waals surface area contributed by atoms with Crippen LogP contribution in [0.3, 0.4) is 0 Å². The average Bonchev–Trinajstić information content (AvgIpc) is 3.47. The second kappa shape index (κ2) is 14.1. The Hall–Kier alpha value is -4.20. The lowest BCUT2D eigenvalue weighted by molar-refractivity contribution is -0.128. The van der Waals surface area contributed by atoms with Crippen molar-refractivity contribution in [2.45, 2.75) is 44.8 Å². The Morgan fingerprint density at radius 1 is 1.09 bits per heavy atom. The Kier molecular flexibility index (Phi) is 9.71. The van der Waals surface area contributed by atoms with Crippen LogP contribution in [0.2, 0.25) is 0 Å². The van der Waals surface area contributed by atoms with E-state index in [0.717, 1.165) is 43.0 Å². The third kappa shape index (κ3) is 6.81. The van der Waals surface area contributed by atoms with Crippen LogP contribution in [-0.2, 0) is 17.8 Å². The van der Waals surface area contributed by atoms with Crippen LogP contribution in [0.1, 0.15) is 29.7 Å². The maximum absolute atomic E-state index is 13.2. The molecule has 2 fully saturated rings. The Balaban J connectivity index is 1.30. The van der Waals surface area contributed by atoms with Crippen molar-refractivity contribution in [3.8, 4) is 6.01 Å². The Morgan fingerprint density at radius 3 is 2.67 bits per heavy atom. The van der Waals surface area contributed by atoms with Crippen LogP contribution in [0.25, 0.3) is 15.6 Å². The first-order chi connectivity index (χ1) is 22.3. The van der Waals surface area contributed by atoms with Crippen molar-refractivity contribution >= 4 is 28.2 Å². The number of likely N-dealkylation sites (N-methyl/N-ethyl adjacent to an activating group) is 2. The zero-order valence-electron chi connectivity index (χ0n) is 27.7. The minimum atomic E-state index is -0.219. The number of fused-ring (bicyclic) bond motifs is 2. The van der Waals surface area contributed by atoms with Crippen LogP contribution in [0.4, 0.5) is 11.5 Å². The molecular weight excluding hydrogens is 576 g/mol. The van der Waals surface area contributed by atoms with E-state index in [1.54, 1.807) is 6.08 Å². The predicted octanol–water partition coefficient (Wildman–Crippen LogP) is 4.03. The fraction of sp³-hybridized carbons (Fsp3) is 0.500. The van der Waals surface area contributed by atoms with Crippen molar-refractivity contribution < 1.29 is 9.53 Å². The molecule has 0 N–H and O–H groups in total. The summed E-state index contributed by atoms with van der Waals surface area (Å²) in [5.41, 5.74) is 4.62. The van der Waals surface area contributed by atoms with Crippen molar-refractivity contribution in [1.29, 1.82) is 0 Å². The zero-order valence-corrected chi connectivity index (χ0v) is 27.7. The number of amides is 1. The van der Waals surface area contributed by atoms with E-state index in [1.807, 2.05) is 30.0 Å². The number of hydrogen-bond donors (Lipinski definition) is 0.